The fourth-order valence-corrected chi connectivity index (χ4v) is 5.35. The van der Waals surface area contributed by atoms with Gasteiger partial charge in [-0.3, -0.25) is 14.5 Å². The minimum absolute atomic E-state index is 0.310. The van der Waals surface area contributed by atoms with Gasteiger partial charge in [0, 0.05) is 21.5 Å². The molecule has 2 N–H and O–H groups in total. The van der Waals surface area contributed by atoms with Crippen molar-refractivity contribution in [3.05, 3.63) is 64.4 Å². The molecule has 146 valence electrons. The van der Waals surface area contributed by atoms with Crippen LogP contribution in [0, 0.1) is 0 Å². The molecule has 0 saturated carbocycles. The van der Waals surface area contributed by atoms with Crippen LogP contribution in [0.1, 0.15) is 23.3 Å². The molecule has 1 aromatic heterocycles. The molecule has 6 nitrogen and oxygen atoms in total. The van der Waals surface area contributed by atoms with Crippen LogP contribution >= 0.6 is 11.3 Å². The number of carbonyl (C=O) groups is 3. The zero-order valence-corrected chi connectivity index (χ0v) is 16.4. The number of urea groups is 1. The summed E-state index contributed by atoms with van der Waals surface area (Å²) in [6.45, 7) is -0.310. The molecule has 7 heteroatoms. The first kappa shape index (κ1) is 17.9. The number of fused-ring (bicyclic) bond motifs is 3. The average molecular weight is 405 g/mol. The van der Waals surface area contributed by atoms with Gasteiger partial charge in [0.25, 0.3) is 5.91 Å². The maximum atomic E-state index is 13.2. The van der Waals surface area contributed by atoms with E-state index < -0.39 is 17.5 Å². The zero-order chi connectivity index (χ0) is 20.0. The first-order valence-electron chi connectivity index (χ1n) is 9.57. The van der Waals surface area contributed by atoms with E-state index in [1.807, 2.05) is 53.9 Å². The van der Waals surface area contributed by atoms with E-state index in [2.05, 4.69) is 10.6 Å². The van der Waals surface area contributed by atoms with Crippen LogP contribution in [0.5, 0.6) is 0 Å². The smallest absolute Gasteiger partial charge is 0.324 e. The zero-order valence-electron chi connectivity index (χ0n) is 15.6. The number of amides is 4. The maximum Gasteiger partial charge on any atom is 0.325 e. The third kappa shape index (κ3) is 2.81. The van der Waals surface area contributed by atoms with Crippen LogP contribution in [0.15, 0.2) is 53.9 Å². The third-order valence-electron chi connectivity index (χ3n) is 5.70. The van der Waals surface area contributed by atoms with Gasteiger partial charge in [-0.05, 0) is 42.2 Å². The number of benzene rings is 2. The molecule has 2 aliphatic rings. The molecule has 1 atom stereocenters. The van der Waals surface area contributed by atoms with Crippen molar-refractivity contribution in [2.24, 2.45) is 0 Å². The Morgan fingerprint density at radius 2 is 1.97 bits per heavy atom. The van der Waals surface area contributed by atoms with Crippen molar-refractivity contribution in [3.8, 4) is 0 Å². The first-order chi connectivity index (χ1) is 14.1. The molecule has 5 rings (SSSR count). The molecule has 1 aliphatic heterocycles. The van der Waals surface area contributed by atoms with E-state index in [4.69, 9.17) is 0 Å². The van der Waals surface area contributed by atoms with E-state index in [-0.39, 0.29) is 12.5 Å². The second-order valence-corrected chi connectivity index (χ2v) is 8.41. The molecule has 4 amide bonds. The molecule has 1 unspecified atom stereocenters. The predicted molar refractivity (Wildman–Crippen MR) is 112 cm³/mol. The number of thiophene rings is 1. The van der Waals surface area contributed by atoms with Crippen LogP contribution in [0.2, 0.25) is 0 Å². The van der Waals surface area contributed by atoms with E-state index in [0.717, 1.165) is 39.0 Å². The van der Waals surface area contributed by atoms with Gasteiger partial charge in [0.15, 0.2) is 0 Å². The Labute approximate surface area is 171 Å². The Bertz CT molecular complexity index is 1150. The van der Waals surface area contributed by atoms with E-state index in [1.165, 1.54) is 0 Å². The molecule has 1 fully saturated rings. The highest BCUT2D eigenvalue weighted by Gasteiger charge is 2.54. The number of nitrogens with zero attached hydrogens (tertiary/aromatic N) is 1. The standard InChI is InChI=1S/C22H19N3O3S/c26-19(23-17-8-3-6-14-5-1-2-7-15(14)17)13-25-20(27)22(24-21(25)28)11-4-9-18-16(22)10-12-29-18/h1-3,5-8,10,12H,4,9,11,13H2,(H,23,26)(H,24,28). The summed E-state index contributed by atoms with van der Waals surface area (Å²) in [4.78, 5) is 40.7. The lowest BCUT2D eigenvalue weighted by atomic mass is 9.80. The van der Waals surface area contributed by atoms with Crippen LogP contribution in [-0.4, -0.2) is 29.3 Å². The van der Waals surface area contributed by atoms with Gasteiger partial charge in [-0.15, -0.1) is 11.3 Å². The fraction of sp³-hybridized carbons (Fsp3) is 0.227. The summed E-state index contributed by atoms with van der Waals surface area (Å²) in [7, 11) is 0. The van der Waals surface area contributed by atoms with Crippen molar-refractivity contribution >= 4 is 45.6 Å². The summed E-state index contributed by atoms with van der Waals surface area (Å²) in [5.74, 6) is -0.738. The highest BCUT2D eigenvalue weighted by Crippen LogP contribution is 2.42. The monoisotopic (exact) mass is 405 g/mol. The lowest BCUT2D eigenvalue weighted by molar-refractivity contribution is -0.134. The summed E-state index contributed by atoms with van der Waals surface area (Å²) in [5.41, 5.74) is 0.515. The Morgan fingerprint density at radius 3 is 2.86 bits per heavy atom. The van der Waals surface area contributed by atoms with Crippen LogP contribution in [0.4, 0.5) is 10.5 Å². The largest absolute Gasteiger partial charge is 0.325 e. The molecule has 1 spiro atoms. The second-order valence-electron chi connectivity index (χ2n) is 7.41. The highest BCUT2D eigenvalue weighted by atomic mass is 32.1. The highest BCUT2D eigenvalue weighted by molar-refractivity contribution is 7.10. The quantitative estimate of drug-likeness (QED) is 0.653. The topological polar surface area (TPSA) is 78.5 Å². The number of hydrogen-bond acceptors (Lipinski definition) is 4. The normalized spacial score (nSPS) is 20.8. The van der Waals surface area contributed by atoms with E-state index in [1.54, 1.807) is 11.3 Å². The van der Waals surface area contributed by atoms with Gasteiger partial charge in [0.1, 0.15) is 12.1 Å². The van der Waals surface area contributed by atoms with Crippen molar-refractivity contribution in [1.29, 1.82) is 0 Å². The number of imide groups is 1. The molecule has 0 bridgehead atoms. The van der Waals surface area contributed by atoms with Crippen LogP contribution in [-0.2, 0) is 21.5 Å². The van der Waals surface area contributed by atoms with Gasteiger partial charge in [-0.1, -0.05) is 36.4 Å². The van der Waals surface area contributed by atoms with Gasteiger partial charge >= 0.3 is 6.03 Å². The van der Waals surface area contributed by atoms with Crippen molar-refractivity contribution in [2.45, 2.75) is 24.8 Å². The number of hydrogen-bond donors (Lipinski definition) is 2. The Morgan fingerprint density at radius 1 is 1.14 bits per heavy atom. The van der Waals surface area contributed by atoms with E-state index in [9.17, 15) is 14.4 Å². The van der Waals surface area contributed by atoms with Crippen LogP contribution in [0.25, 0.3) is 10.8 Å². The molecule has 2 heterocycles. The van der Waals surface area contributed by atoms with Crippen LogP contribution in [0.3, 0.4) is 0 Å². The first-order valence-corrected chi connectivity index (χ1v) is 10.4. The summed E-state index contributed by atoms with van der Waals surface area (Å²) < 4.78 is 0. The van der Waals surface area contributed by atoms with Crippen molar-refractivity contribution < 1.29 is 14.4 Å². The van der Waals surface area contributed by atoms with Crippen LogP contribution < -0.4 is 10.6 Å². The lowest BCUT2D eigenvalue weighted by Gasteiger charge is -2.31. The van der Waals surface area contributed by atoms with Gasteiger partial charge in [0.2, 0.25) is 5.91 Å². The van der Waals surface area contributed by atoms with E-state index in [0.29, 0.717) is 12.1 Å². The summed E-state index contributed by atoms with van der Waals surface area (Å²) in [5, 5.41) is 9.59. The molecule has 1 aliphatic carbocycles. The minimum atomic E-state index is -1.02. The van der Waals surface area contributed by atoms with Crippen molar-refractivity contribution in [2.75, 3.05) is 11.9 Å². The van der Waals surface area contributed by atoms with Crippen molar-refractivity contribution in [1.82, 2.24) is 10.2 Å². The van der Waals surface area contributed by atoms with E-state index >= 15 is 0 Å². The molecular weight excluding hydrogens is 386 g/mol. The number of anilines is 1. The minimum Gasteiger partial charge on any atom is -0.324 e. The average Bonchev–Trinajstić information content (AvgIpc) is 3.29. The number of aryl methyl sites for hydroxylation is 1. The molecule has 29 heavy (non-hydrogen) atoms. The van der Waals surface area contributed by atoms with Gasteiger partial charge in [-0.25, -0.2) is 4.79 Å². The Hall–Kier alpha value is -3.19. The number of nitrogens with one attached hydrogen (secondary N) is 2. The predicted octanol–water partition coefficient (Wildman–Crippen LogP) is 3.62. The number of rotatable bonds is 3. The summed E-state index contributed by atoms with van der Waals surface area (Å²) in [6, 6.07) is 14.8. The molecule has 3 aromatic rings. The lowest BCUT2D eigenvalue weighted by Crippen LogP contribution is -2.46. The molecule has 1 saturated heterocycles. The summed E-state index contributed by atoms with van der Waals surface area (Å²) >= 11 is 1.61. The van der Waals surface area contributed by atoms with Crippen molar-refractivity contribution in [3.63, 3.8) is 0 Å². The number of carbonyl (C=O) groups excluding carboxylic acids is 3. The second kappa shape index (κ2) is 6.70. The fourth-order valence-electron chi connectivity index (χ4n) is 4.35. The van der Waals surface area contributed by atoms with Gasteiger partial charge in [-0.2, -0.15) is 0 Å². The Balaban J connectivity index is 1.38. The summed E-state index contributed by atoms with van der Waals surface area (Å²) in [6.07, 6.45) is 2.30. The molecule has 0 radical (unpaired) electrons. The molecule has 2 aromatic carbocycles. The van der Waals surface area contributed by atoms with Gasteiger partial charge < -0.3 is 10.6 Å². The maximum absolute atomic E-state index is 13.2. The third-order valence-corrected chi connectivity index (χ3v) is 6.68. The Kier molecular flexibility index (Phi) is 4.13. The van der Waals surface area contributed by atoms with Gasteiger partial charge in [0.05, 0.1) is 0 Å². The SMILES string of the molecule is O=C(CN1C(=O)NC2(CCCc3sccc32)C1=O)Nc1cccc2ccccc12. The molecular formula is C22H19N3O3S.